The number of carbonyl (C=O) groups excluding carboxylic acids is 1. The number of carbonyl (C=O) groups is 1. The Balaban J connectivity index is 1.98. The van der Waals surface area contributed by atoms with Crippen LogP contribution >= 0.6 is 11.6 Å². The number of hydrogen-bond acceptors (Lipinski definition) is 4. The van der Waals surface area contributed by atoms with Crippen molar-refractivity contribution in [3.05, 3.63) is 41.2 Å². The summed E-state index contributed by atoms with van der Waals surface area (Å²) in [5, 5.41) is 5.75. The topological polar surface area (TPSA) is 76.1 Å². The zero-order valence-corrected chi connectivity index (χ0v) is 12.4. The number of aryl methyl sites for hydroxylation is 1. The summed E-state index contributed by atoms with van der Waals surface area (Å²) >= 11 is 6.05. The van der Waals surface area contributed by atoms with Gasteiger partial charge < -0.3 is 15.4 Å². The third-order valence-electron chi connectivity index (χ3n) is 2.53. The number of ether oxygens (including phenoxy) is 1. The van der Waals surface area contributed by atoms with Gasteiger partial charge in [0.2, 0.25) is 0 Å². The molecule has 2 aromatic rings. The van der Waals surface area contributed by atoms with E-state index in [1.165, 1.54) is 12.4 Å². The average Bonchev–Trinajstić information content (AvgIpc) is 2.44. The van der Waals surface area contributed by atoms with Crippen LogP contribution in [0, 0.1) is 6.92 Å². The summed E-state index contributed by atoms with van der Waals surface area (Å²) in [6, 6.07) is 5.23. The summed E-state index contributed by atoms with van der Waals surface area (Å²) in [6.07, 6.45) is 2.93. The molecule has 0 atom stereocenters. The molecule has 1 aromatic carbocycles. The highest BCUT2D eigenvalue weighted by Gasteiger charge is 2.07. The van der Waals surface area contributed by atoms with Crippen molar-refractivity contribution in [2.24, 2.45) is 0 Å². The lowest BCUT2D eigenvalue weighted by Crippen LogP contribution is -2.20. The third kappa shape index (κ3) is 4.32. The average molecular weight is 307 g/mol. The van der Waals surface area contributed by atoms with E-state index in [9.17, 15) is 4.79 Å². The van der Waals surface area contributed by atoms with E-state index in [2.05, 4.69) is 20.6 Å². The van der Waals surface area contributed by atoms with E-state index >= 15 is 0 Å². The zero-order valence-electron chi connectivity index (χ0n) is 11.7. The number of nitrogens with zero attached hydrogens (tertiary/aromatic N) is 2. The van der Waals surface area contributed by atoms with Crippen molar-refractivity contribution in [3.8, 4) is 6.01 Å². The standard InChI is InChI=1S/C14H15ClN4O2/c1-3-21-14-16-7-10(8-17-14)18-13(20)19-12-5-4-9(2)6-11(12)15/h4-8H,3H2,1-2H3,(H2,18,19,20). The van der Waals surface area contributed by atoms with Crippen LogP contribution in [0.4, 0.5) is 16.2 Å². The van der Waals surface area contributed by atoms with E-state index in [1.54, 1.807) is 12.1 Å². The molecule has 0 saturated carbocycles. The molecular formula is C14H15ClN4O2. The van der Waals surface area contributed by atoms with Gasteiger partial charge in [0.15, 0.2) is 0 Å². The molecule has 0 unspecified atom stereocenters. The number of aromatic nitrogens is 2. The summed E-state index contributed by atoms with van der Waals surface area (Å²) in [5.74, 6) is 0. The Morgan fingerprint density at radius 1 is 1.29 bits per heavy atom. The first-order valence-electron chi connectivity index (χ1n) is 6.37. The van der Waals surface area contributed by atoms with E-state index < -0.39 is 6.03 Å². The summed E-state index contributed by atoms with van der Waals surface area (Å²) in [6.45, 7) is 4.25. The molecular weight excluding hydrogens is 292 g/mol. The lowest BCUT2D eigenvalue weighted by Gasteiger charge is -2.09. The van der Waals surface area contributed by atoms with Gasteiger partial charge in [-0.25, -0.2) is 14.8 Å². The number of halogens is 1. The first-order valence-corrected chi connectivity index (χ1v) is 6.75. The van der Waals surface area contributed by atoms with Gasteiger partial charge in [-0.3, -0.25) is 0 Å². The monoisotopic (exact) mass is 306 g/mol. The van der Waals surface area contributed by atoms with Crippen LogP contribution in [0.25, 0.3) is 0 Å². The molecule has 2 N–H and O–H groups in total. The first-order chi connectivity index (χ1) is 10.1. The van der Waals surface area contributed by atoms with Crippen LogP contribution in [0.15, 0.2) is 30.6 Å². The summed E-state index contributed by atoms with van der Waals surface area (Å²) in [5.41, 5.74) is 2.01. The SMILES string of the molecule is CCOc1ncc(NC(=O)Nc2ccc(C)cc2Cl)cn1. The number of hydrogen-bond donors (Lipinski definition) is 2. The molecule has 2 rings (SSSR count). The number of amides is 2. The first kappa shape index (κ1) is 15.1. The number of benzene rings is 1. The Labute approximate surface area is 127 Å². The summed E-state index contributed by atoms with van der Waals surface area (Å²) in [7, 11) is 0. The highest BCUT2D eigenvalue weighted by molar-refractivity contribution is 6.33. The molecule has 110 valence electrons. The predicted molar refractivity (Wildman–Crippen MR) is 82.0 cm³/mol. The molecule has 0 saturated heterocycles. The van der Waals surface area contributed by atoms with E-state index in [-0.39, 0.29) is 6.01 Å². The summed E-state index contributed by atoms with van der Waals surface area (Å²) < 4.78 is 5.12. The van der Waals surface area contributed by atoms with Gasteiger partial charge in [-0.15, -0.1) is 0 Å². The molecule has 0 aliphatic carbocycles. The number of nitrogens with one attached hydrogen (secondary N) is 2. The van der Waals surface area contributed by atoms with Gasteiger partial charge in [0.05, 0.1) is 35.4 Å². The quantitative estimate of drug-likeness (QED) is 0.906. The lowest BCUT2D eigenvalue weighted by atomic mass is 10.2. The van der Waals surface area contributed by atoms with Crippen LogP contribution in [0.1, 0.15) is 12.5 Å². The normalized spacial score (nSPS) is 10.0. The molecule has 0 radical (unpaired) electrons. The zero-order chi connectivity index (χ0) is 15.2. The summed E-state index contributed by atoms with van der Waals surface area (Å²) in [4.78, 5) is 19.8. The molecule has 0 aliphatic heterocycles. The smallest absolute Gasteiger partial charge is 0.323 e. The highest BCUT2D eigenvalue weighted by Crippen LogP contribution is 2.22. The highest BCUT2D eigenvalue weighted by atomic mass is 35.5. The van der Waals surface area contributed by atoms with Gasteiger partial charge in [0.25, 0.3) is 0 Å². The Morgan fingerprint density at radius 3 is 2.62 bits per heavy atom. The molecule has 0 bridgehead atoms. The molecule has 0 fully saturated rings. The van der Waals surface area contributed by atoms with Crippen LogP contribution in [-0.2, 0) is 0 Å². The minimum Gasteiger partial charge on any atom is -0.464 e. The van der Waals surface area contributed by atoms with Crippen molar-refractivity contribution in [1.29, 1.82) is 0 Å². The van der Waals surface area contributed by atoms with Crippen molar-refractivity contribution >= 4 is 29.0 Å². The molecule has 1 aromatic heterocycles. The van der Waals surface area contributed by atoms with Crippen LogP contribution in [0.3, 0.4) is 0 Å². The number of rotatable bonds is 4. The Kier molecular flexibility index (Phi) is 4.94. The molecule has 0 aliphatic rings. The predicted octanol–water partition coefficient (Wildman–Crippen LogP) is 3.48. The second kappa shape index (κ2) is 6.90. The fourth-order valence-electron chi connectivity index (χ4n) is 1.59. The van der Waals surface area contributed by atoms with Gasteiger partial charge in [-0.2, -0.15) is 0 Å². The largest absolute Gasteiger partial charge is 0.464 e. The van der Waals surface area contributed by atoms with Crippen molar-refractivity contribution in [3.63, 3.8) is 0 Å². The number of urea groups is 1. The second-order valence-electron chi connectivity index (χ2n) is 4.25. The maximum Gasteiger partial charge on any atom is 0.323 e. The Hall–Kier alpha value is -2.34. The van der Waals surface area contributed by atoms with Gasteiger partial charge >= 0.3 is 12.0 Å². The maximum atomic E-state index is 11.9. The van der Waals surface area contributed by atoms with Crippen LogP contribution in [0.5, 0.6) is 6.01 Å². The second-order valence-corrected chi connectivity index (χ2v) is 4.66. The molecule has 0 spiro atoms. The van der Waals surface area contributed by atoms with Gasteiger partial charge in [0, 0.05) is 0 Å². The minimum atomic E-state index is -0.423. The molecule has 21 heavy (non-hydrogen) atoms. The van der Waals surface area contributed by atoms with E-state index in [0.29, 0.717) is 23.0 Å². The van der Waals surface area contributed by atoms with Crippen LogP contribution in [0.2, 0.25) is 5.02 Å². The van der Waals surface area contributed by atoms with Gasteiger partial charge in [-0.1, -0.05) is 17.7 Å². The third-order valence-corrected chi connectivity index (χ3v) is 2.84. The molecule has 6 nitrogen and oxygen atoms in total. The lowest BCUT2D eigenvalue weighted by molar-refractivity contribution is 0.262. The van der Waals surface area contributed by atoms with Crippen LogP contribution < -0.4 is 15.4 Å². The molecule has 7 heteroatoms. The maximum absolute atomic E-state index is 11.9. The number of anilines is 2. The van der Waals surface area contributed by atoms with Crippen molar-refractivity contribution < 1.29 is 9.53 Å². The van der Waals surface area contributed by atoms with E-state index in [0.717, 1.165) is 5.56 Å². The van der Waals surface area contributed by atoms with Gasteiger partial charge in [-0.05, 0) is 31.5 Å². The van der Waals surface area contributed by atoms with Crippen molar-refractivity contribution in [1.82, 2.24) is 9.97 Å². The fraction of sp³-hybridized carbons (Fsp3) is 0.214. The van der Waals surface area contributed by atoms with Crippen LogP contribution in [-0.4, -0.2) is 22.6 Å². The Bertz CT molecular complexity index is 631. The Morgan fingerprint density at radius 2 is 2.00 bits per heavy atom. The van der Waals surface area contributed by atoms with Gasteiger partial charge in [0.1, 0.15) is 0 Å². The van der Waals surface area contributed by atoms with E-state index in [4.69, 9.17) is 16.3 Å². The molecule has 2 amide bonds. The minimum absolute atomic E-state index is 0.269. The fourth-order valence-corrected chi connectivity index (χ4v) is 1.87. The molecule has 1 heterocycles. The van der Waals surface area contributed by atoms with E-state index in [1.807, 2.05) is 19.9 Å². The van der Waals surface area contributed by atoms with Crippen molar-refractivity contribution in [2.75, 3.05) is 17.2 Å². The van der Waals surface area contributed by atoms with Crippen molar-refractivity contribution in [2.45, 2.75) is 13.8 Å².